The van der Waals surface area contributed by atoms with Crippen LogP contribution in [0.1, 0.15) is 38.5 Å². The van der Waals surface area contributed by atoms with Gasteiger partial charge in [0.25, 0.3) is 0 Å². The van der Waals surface area contributed by atoms with Gasteiger partial charge in [-0.1, -0.05) is 12.8 Å². The summed E-state index contributed by atoms with van der Waals surface area (Å²) in [7, 11) is -1.32. The maximum absolute atomic E-state index is 5.78. The Morgan fingerprint density at radius 3 is 2.20 bits per heavy atom. The smallest absolute Gasteiger partial charge is 0.183 e. The minimum absolute atomic E-state index is 0.819. The predicted octanol–water partition coefficient (Wildman–Crippen LogP) is 3.63. The van der Waals surface area contributed by atoms with Crippen molar-refractivity contribution in [2.45, 2.75) is 58.2 Å². The van der Waals surface area contributed by atoms with Gasteiger partial charge in [0, 0.05) is 5.71 Å². The molecule has 1 saturated carbocycles. The summed E-state index contributed by atoms with van der Waals surface area (Å²) in [6, 6.07) is 0. The van der Waals surface area contributed by atoms with E-state index in [1.54, 1.807) is 0 Å². The highest BCUT2D eigenvalue weighted by Crippen LogP contribution is 2.14. The molecule has 2 nitrogen and oxygen atoms in total. The molecule has 0 N–H and O–H groups in total. The first kappa shape index (κ1) is 12.9. The third kappa shape index (κ3) is 6.85. The van der Waals surface area contributed by atoms with E-state index in [9.17, 15) is 0 Å². The molecule has 1 fully saturated rings. The van der Waals surface area contributed by atoms with E-state index >= 15 is 0 Å². The molecule has 0 heterocycles. The van der Waals surface area contributed by atoms with Gasteiger partial charge in [-0.05, 0) is 45.3 Å². The minimum Gasteiger partial charge on any atom is -0.416 e. The number of nitrogens with zero attached hydrogens (tertiary/aromatic N) is 1. The Bertz CT molecular complexity index is 198. The van der Waals surface area contributed by atoms with Gasteiger partial charge in [0.1, 0.15) is 0 Å². The van der Waals surface area contributed by atoms with Gasteiger partial charge >= 0.3 is 0 Å². The van der Waals surface area contributed by atoms with Crippen LogP contribution in [-0.4, -0.2) is 27.2 Å². The van der Waals surface area contributed by atoms with Crippen LogP contribution < -0.4 is 0 Å². The average Bonchev–Trinajstić information content (AvgIpc) is 2.39. The van der Waals surface area contributed by atoms with E-state index in [4.69, 9.17) is 4.43 Å². The van der Waals surface area contributed by atoms with E-state index in [1.165, 1.54) is 44.2 Å². The summed E-state index contributed by atoms with van der Waals surface area (Å²) in [4.78, 5) is 4.66. The molecule has 0 aromatic rings. The normalized spacial score (nSPS) is 18.7. The Morgan fingerprint density at radius 2 is 1.67 bits per heavy atom. The zero-order chi connectivity index (χ0) is 11.1. The maximum Gasteiger partial charge on any atom is 0.183 e. The van der Waals surface area contributed by atoms with Crippen molar-refractivity contribution in [3.63, 3.8) is 0 Å². The highest BCUT2D eigenvalue weighted by atomic mass is 28.4. The van der Waals surface area contributed by atoms with E-state index < -0.39 is 8.32 Å². The van der Waals surface area contributed by atoms with Gasteiger partial charge in [-0.15, -0.1) is 0 Å². The van der Waals surface area contributed by atoms with Gasteiger partial charge in [0.05, 0.1) is 13.2 Å². The Balaban J connectivity index is 2.18. The first-order chi connectivity index (χ1) is 7.08. The van der Waals surface area contributed by atoms with Crippen molar-refractivity contribution in [2.75, 3.05) is 13.2 Å². The maximum atomic E-state index is 5.78. The highest BCUT2D eigenvalue weighted by Gasteiger charge is 2.13. The lowest BCUT2D eigenvalue weighted by molar-refractivity contribution is 0.322. The third-order valence-corrected chi connectivity index (χ3v) is 3.71. The monoisotopic (exact) mass is 227 g/mol. The van der Waals surface area contributed by atoms with Gasteiger partial charge in [-0.25, -0.2) is 0 Å². The van der Waals surface area contributed by atoms with Crippen LogP contribution in [0.15, 0.2) is 4.99 Å². The lowest BCUT2D eigenvalue weighted by Gasteiger charge is -2.16. The third-order valence-electron chi connectivity index (χ3n) is 2.64. The van der Waals surface area contributed by atoms with E-state index in [0.717, 1.165) is 13.2 Å². The quantitative estimate of drug-likeness (QED) is 0.408. The molecular formula is C12H25NOSi. The molecule has 0 amide bonds. The van der Waals surface area contributed by atoms with Gasteiger partial charge in [-0.2, -0.15) is 0 Å². The SMILES string of the molecule is C[Si](C)(C)OCCN=C1CCCCCC1. The van der Waals surface area contributed by atoms with E-state index in [-0.39, 0.29) is 0 Å². The fourth-order valence-electron chi connectivity index (χ4n) is 1.85. The topological polar surface area (TPSA) is 21.6 Å². The number of hydrogen-bond acceptors (Lipinski definition) is 2. The summed E-state index contributed by atoms with van der Waals surface area (Å²) in [6.45, 7) is 8.38. The highest BCUT2D eigenvalue weighted by molar-refractivity contribution is 6.69. The predicted molar refractivity (Wildman–Crippen MR) is 69.3 cm³/mol. The van der Waals surface area contributed by atoms with Crippen LogP contribution in [0.2, 0.25) is 19.6 Å². The summed E-state index contributed by atoms with van der Waals surface area (Å²) >= 11 is 0. The molecular weight excluding hydrogens is 202 g/mol. The van der Waals surface area contributed by atoms with Gasteiger partial charge < -0.3 is 4.43 Å². The Morgan fingerprint density at radius 1 is 1.07 bits per heavy atom. The van der Waals surface area contributed by atoms with Crippen molar-refractivity contribution in [1.29, 1.82) is 0 Å². The summed E-state index contributed by atoms with van der Waals surface area (Å²) < 4.78 is 5.78. The molecule has 1 aliphatic carbocycles. The van der Waals surface area contributed by atoms with Crippen molar-refractivity contribution < 1.29 is 4.43 Å². The number of rotatable bonds is 4. The summed E-state index contributed by atoms with van der Waals surface area (Å²) in [5.74, 6) is 0. The summed E-state index contributed by atoms with van der Waals surface area (Å²) in [6.07, 6.45) is 7.93. The van der Waals surface area contributed by atoms with E-state index in [2.05, 4.69) is 24.6 Å². The first-order valence-electron chi connectivity index (χ1n) is 6.24. The van der Waals surface area contributed by atoms with Crippen LogP contribution in [0.25, 0.3) is 0 Å². The molecule has 0 atom stereocenters. The zero-order valence-electron chi connectivity index (χ0n) is 10.5. The fraction of sp³-hybridized carbons (Fsp3) is 0.917. The van der Waals surface area contributed by atoms with Crippen LogP contribution in [0.3, 0.4) is 0 Å². The van der Waals surface area contributed by atoms with Crippen LogP contribution in [0, 0.1) is 0 Å². The van der Waals surface area contributed by atoms with Crippen molar-refractivity contribution in [3.8, 4) is 0 Å². The fourth-order valence-corrected chi connectivity index (χ4v) is 2.55. The lowest BCUT2D eigenvalue weighted by atomic mass is 10.2. The molecule has 0 radical (unpaired) electrons. The molecule has 0 spiro atoms. The number of hydrogen-bond donors (Lipinski definition) is 0. The molecule has 1 rings (SSSR count). The molecule has 0 aromatic carbocycles. The summed E-state index contributed by atoms with van der Waals surface area (Å²) in [5, 5.41) is 0. The molecule has 0 aromatic heterocycles. The van der Waals surface area contributed by atoms with E-state index in [1.807, 2.05) is 0 Å². The first-order valence-corrected chi connectivity index (χ1v) is 9.65. The molecule has 88 valence electrons. The lowest BCUT2D eigenvalue weighted by Crippen LogP contribution is -2.26. The van der Waals surface area contributed by atoms with Crippen LogP contribution >= 0.6 is 0 Å². The van der Waals surface area contributed by atoms with E-state index in [0.29, 0.717) is 0 Å². The summed E-state index contributed by atoms with van der Waals surface area (Å²) in [5.41, 5.74) is 1.44. The van der Waals surface area contributed by atoms with Gasteiger partial charge in [0.2, 0.25) is 0 Å². The van der Waals surface area contributed by atoms with Crippen molar-refractivity contribution in [1.82, 2.24) is 0 Å². The zero-order valence-corrected chi connectivity index (χ0v) is 11.5. The van der Waals surface area contributed by atoms with Crippen LogP contribution in [0.5, 0.6) is 0 Å². The standard InChI is InChI=1S/C12H25NOSi/c1-15(2,3)14-11-10-13-12-8-6-4-5-7-9-12/h4-11H2,1-3H3. The molecule has 0 unspecified atom stereocenters. The van der Waals surface area contributed by atoms with Gasteiger partial charge in [-0.3, -0.25) is 4.99 Å². The Kier molecular flexibility index (Phi) is 5.54. The molecule has 15 heavy (non-hydrogen) atoms. The molecule has 0 aliphatic heterocycles. The van der Waals surface area contributed by atoms with Crippen molar-refractivity contribution >= 4 is 14.0 Å². The second-order valence-corrected chi connectivity index (χ2v) is 9.84. The average molecular weight is 227 g/mol. The number of aliphatic imine (C=N–C) groups is 1. The molecule has 0 saturated heterocycles. The Hall–Kier alpha value is -0.153. The van der Waals surface area contributed by atoms with Crippen molar-refractivity contribution in [3.05, 3.63) is 0 Å². The van der Waals surface area contributed by atoms with Gasteiger partial charge in [0.15, 0.2) is 8.32 Å². The van der Waals surface area contributed by atoms with Crippen LogP contribution in [-0.2, 0) is 4.43 Å². The second kappa shape index (κ2) is 6.43. The minimum atomic E-state index is -1.32. The van der Waals surface area contributed by atoms with Crippen molar-refractivity contribution in [2.24, 2.45) is 4.99 Å². The Labute approximate surface area is 95.3 Å². The second-order valence-electron chi connectivity index (χ2n) is 5.32. The molecule has 1 aliphatic rings. The van der Waals surface area contributed by atoms with Crippen LogP contribution in [0.4, 0.5) is 0 Å². The molecule has 3 heteroatoms. The largest absolute Gasteiger partial charge is 0.416 e. The molecule has 0 bridgehead atoms.